The quantitative estimate of drug-likeness (QED) is 0.431. The van der Waals surface area contributed by atoms with Crippen molar-refractivity contribution in [3.63, 3.8) is 0 Å². The summed E-state index contributed by atoms with van der Waals surface area (Å²) < 4.78 is 0. The Balaban J connectivity index is 1.52. The van der Waals surface area contributed by atoms with Crippen LogP contribution in [-0.2, 0) is 27.2 Å². The lowest BCUT2D eigenvalue weighted by Crippen LogP contribution is -2.52. The number of benzene rings is 3. The first-order chi connectivity index (χ1) is 17.3. The topological polar surface area (TPSA) is 107 Å². The number of rotatable bonds is 8. The first kappa shape index (κ1) is 25.3. The molecule has 4 rings (SSSR count). The number of phenolic OH excluding ortho intramolecular Hbond substituents is 1. The number of hydrogen-bond acceptors (Lipinski definition) is 5. The van der Waals surface area contributed by atoms with E-state index >= 15 is 0 Å². The van der Waals surface area contributed by atoms with Crippen molar-refractivity contribution in [1.82, 2.24) is 10.2 Å². The van der Waals surface area contributed by atoms with Gasteiger partial charge in [0.15, 0.2) is 0 Å². The van der Waals surface area contributed by atoms with Gasteiger partial charge in [-0.3, -0.25) is 9.59 Å². The summed E-state index contributed by atoms with van der Waals surface area (Å²) in [5.41, 5.74) is 3.44. The van der Waals surface area contributed by atoms with Crippen LogP contribution in [0.1, 0.15) is 34.6 Å². The van der Waals surface area contributed by atoms with Crippen LogP contribution in [0.3, 0.4) is 0 Å². The van der Waals surface area contributed by atoms with Crippen LogP contribution in [0, 0.1) is 0 Å². The number of phenols is 1. The Morgan fingerprint density at radius 2 is 1.67 bits per heavy atom. The second-order valence-electron chi connectivity index (χ2n) is 8.76. The van der Waals surface area contributed by atoms with E-state index in [4.69, 9.17) is 0 Å². The van der Waals surface area contributed by atoms with E-state index in [9.17, 15) is 24.6 Å². The summed E-state index contributed by atoms with van der Waals surface area (Å²) in [7, 11) is 0. The molecule has 0 bridgehead atoms. The number of carbonyl (C=O) groups is 3. The van der Waals surface area contributed by atoms with Crippen LogP contribution in [0.2, 0.25) is 0 Å². The van der Waals surface area contributed by atoms with E-state index in [2.05, 4.69) is 5.32 Å². The third kappa shape index (κ3) is 5.88. The Morgan fingerprint density at radius 1 is 1.00 bits per heavy atom. The summed E-state index contributed by atoms with van der Waals surface area (Å²) in [6.07, 6.45) is 0.562. The monoisotopic (exact) mass is 504 g/mol. The molecule has 2 amide bonds. The van der Waals surface area contributed by atoms with E-state index in [0.29, 0.717) is 12.2 Å². The van der Waals surface area contributed by atoms with Crippen LogP contribution < -0.4 is 5.32 Å². The van der Waals surface area contributed by atoms with Crippen molar-refractivity contribution in [2.45, 2.75) is 37.2 Å². The minimum absolute atomic E-state index is 0.0472. The maximum Gasteiger partial charge on any atom is 0.326 e. The second kappa shape index (κ2) is 11.3. The van der Waals surface area contributed by atoms with Gasteiger partial charge >= 0.3 is 5.97 Å². The maximum absolute atomic E-state index is 13.3. The largest absolute Gasteiger partial charge is 0.508 e. The van der Waals surface area contributed by atoms with Gasteiger partial charge in [-0.25, -0.2) is 4.79 Å². The molecule has 3 aromatic carbocycles. The molecule has 1 fully saturated rings. The van der Waals surface area contributed by atoms with Gasteiger partial charge < -0.3 is 20.4 Å². The maximum atomic E-state index is 13.3. The third-order valence-electron chi connectivity index (χ3n) is 6.22. The molecule has 3 atom stereocenters. The highest BCUT2D eigenvalue weighted by Crippen LogP contribution is 2.41. The SMILES string of the molecule is CC(=O)N1C(C(=O)N[C@@H](Cc2ccc(O)cc2Cc2ccccc2)C(=O)O)CSC1c1ccccc1. The molecule has 7 nitrogen and oxygen atoms in total. The highest BCUT2D eigenvalue weighted by molar-refractivity contribution is 7.99. The van der Waals surface area contributed by atoms with Gasteiger partial charge in [-0.05, 0) is 40.8 Å². The summed E-state index contributed by atoms with van der Waals surface area (Å²) in [5, 5.41) is 22.3. The van der Waals surface area contributed by atoms with Crippen LogP contribution >= 0.6 is 11.8 Å². The molecule has 0 radical (unpaired) electrons. The van der Waals surface area contributed by atoms with Crippen molar-refractivity contribution in [2.75, 3.05) is 5.75 Å². The third-order valence-corrected chi connectivity index (χ3v) is 7.54. The predicted molar refractivity (Wildman–Crippen MR) is 139 cm³/mol. The van der Waals surface area contributed by atoms with Crippen molar-refractivity contribution >= 4 is 29.5 Å². The Hall–Kier alpha value is -3.78. The summed E-state index contributed by atoms with van der Waals surface area (Å²) in [5.74, 6) is -1.44. The van der Waals surface area contributed by atoms with E-state index in [-0.39, 0.29) is 23.5 Å². The first-order valence-electron chi connectivity index (χ1n) is 11.7. The lowest BCUT2D eigenvalue weighted by molar-refractivity contribution is -0.143. The fraction of sp³-hybridized carbons (Fsp3) is 0.250. The number of hydrogen-bond donors (Lipinski definition) is 3. The van der Waals surface area contributed by atoms with Gasteiger partial charge in [0.05, 0.1) is 0 Å². The zero-order valence-corrected chi connectivity index (χ0v) is 20.7. The number of aromatic hydroxyl groups is 1. The normalized spacial score (nSPS) is 18.0. The fourth-order valence-corrected chi connectivity index (χ4v) is 5.93. The van der Waals surface area contributed by atoms with Gasteiger partial charge in [0, 0.05) is 19.1 Å². The minimum atomic E-state index is -1.19. The molecule has 3 aromatic rings. The number of nitrogens with zero attached hydrogens (tertiary/aromatic N) is 1. The summed E-state index contributed by atoms with van der Waals surface area (Å²) in [6.45, 7) is 1.42. The molecule has 2 unspecified atom stereocenters. The van der Waals surface area contributed by atoms with Crippen LogP contribution in [0.5, 0.6) is 5.75 Å². The van der Waals surface area contributed by atoms with Crippen molar-refractivity contribution in [3.8, 4) is 5.75 Å². The Labute approximate surface area is 214 Å². The molecule has 1 saturated heterocycles. The number of amides is 2. The number of thioether (sulfide) groups is 1. The van der Waals surface area contributed by atoms with Crippen molar-refractivity contribution in [3.05, 3.63) is 101 Å². The van der Waals surface area contributed by atoms with Crippen molar-refractivity contribution < 1.29 is 24.6 Å². The molecule has 186 valence electrons. The number of carboxylic acids is 1. The smallest absolute Gasteiger partial charge is 0.326 e. The van der Waals surface area contributed by atoms with Gasteiger partial charge in [0.25, 0.3) is 0 Å². The zero-order valence-electron chi connectivity index (χ0n) is 19.8. The molecule has 1 aliphatic heterocycles. The van der Waals surface area contributed by atoms with E-state index in [1.165, 1.54) is 29.7 Å². The minimum Gasteiger partial charge on any atom is -0.508 e. The number of aliphatic carboxylic acids is 1. The highest BCUT2D eigenvalue weighted by Gasteiger charge is 2.41. The molecule has 3 N–H and O–H groups in total. The van der Waals surface area contributed by atoms with Gasteiger partial charge in [-0.1, -0.05) is 66.7 Å². The molecule has 1 aliphatic rings. The van der Waals surface area contributed by atoms with Crippen molar-refractivity contribution in [1.29, 1.82) is 0 Å². The summed E-state index contributed by atoms with van der Waals surface area (Å²) >= 11 is 1.48. The zero-order chi connectivity index (χ0) is 25.7. The summed E-state index contributed by atoms with van der Waals surface area (Å²) in [6, 6.07) is 22.0. The Bertz CT molecular complexity index is 1240. The standard InChI is InChI=1S/C28H28N2O5S/c1-18(31)30-25(17-36-27(30)20-10-6-3-7-11-20)26(33)29-24(28(34)35)16-21-12-13-23(32)15-22(21)14-19-8-4-2-5-9-19/h2-13,15,24-25,27,32H,14,16-17H2,1H3,(H,29,33)(H,34,35)/t24-,25?,27?/m0/s1. The van der Waals surface area contributed by atoms with Crippen LogP contribution in [0.4, 0.5) is 0 Å². The van der Waals surface area contributed by atoms with E-state index in [0.717, 1.165) is 22.3 Å². The van der Waals surface area contributed by atoms with E-state index in [1.54, 1.807) is 12.1 Å². The number of carboxylic acid groups (broad SMARTS) is 1. The average molecular weight is 505 g/mol. The van der Waals surface area contributed by atoms with E-state index in [1.807, 2.05) is 60.7 Å². The van der Waals surface area contributed by atoms with Gasteiger partial charge in [-0.15, -0.1) is 11.8 Å². The van der Waals surface area contributed by atoms with Gasteiger partial charge in [0.2, 0.25) is 11.8 Å². The van der Waals surface area contributed by atoms with Crippen LogP contribution in [0.25, 0.3) is 0 Å². The van der Waals surface area contributed by atoms with Crippen LogP contribution in [0.15, 0.2) is 78.9 Å². The lowest BCUT2D eigenvalue weighted by Gasteiger charge is -2.28. The molecule has 8 heteroatoms. The molecule has 0 aliphatic carbocycles. The van der Waals surface area contributed by atoms with E-state index < -0.39 is 24.0 Å². The van der Waals surface area contributed by atoms with Gasteiger partial charge in [-0.2, -0.15) is 0 Å². The Morgan fingerprint density at radius 3 is 2.31 bits per heavy atom. The predicted octanol–water partition coefficient (Wildman–Crippen LogP) is 3.76. The second-order valence-corrected chi connectivity index (χ2v) is 9.87. The Kier molecular flexibility index (Phi) is 7.95. The molecule has 0 spiro atoms. The lowest BCUT2D eigenvalue weighted by atomic mass is 9.95. The molecular formula is C28H28N2O5S. The summed E-state index contributed by atoms with van der Waals surface area (Å²) in [4.78, 5) is 39.4. The highest BCUT2D eigenvalue weighted by atomic mass is 32.2. The van der Waals surface area contributed by atoms with Crippen LogP contribution in [-0.4, -0.2) is 50.7 Å². The molecule has 0 saturated carbocycles. The number of carbonyl (C=O) groups excluding carboxylic acids is 2. The average Bonchev–Trinajstić information content (AvgIpc) is 3.32. The molecular weight excluding hydrogens is 476 g/mol. The fourth-order valence-electron chi connectivity index (χ4n) is 4.45. The first-order valence-corrected chi connectivity index (χ1v) is 12.7. The van der Waals surface area contributed by atoms with Crippen molar-refractivity contribution in [2.24, 2.45) is 0 Å². The van der Waals surface area contributed by atoms with Gasteiger partial charge in [0.1, 0.15) is 23.2 Å². The molecule has 0 aromatic heterocycles. The molecule has 36 heavy (non-hydrogen) atoms. The molecule has 1 heterocycles. The number of nitrogens with one attached hydrogen (secondary N) is 1.